The first-order chi connectivity index (χ1) is 15.8. The second-order valence-corrected chi connectivity index (χ2v) is 9.32. The number of carbonyl (C=O) groups is 3. The van der Waals surface area contributed by atoms with Crippen molar-refractivity contribution in [2.24, 2.45) is 5.92 Å². The SMILES string of the molecule is CCOC(=O)C1=C(CN2CCN(C(=O)C3CC3)[C@H](C)C2)N(C)C(=O)N[C@@H]1c1ccc(C)cc1. The van der Waals surface area contributed by atoms with E-state index in [-0.39, 0.29) is 30.5 Å². The highest BCUT2D eigenvalue weighted by molar-refractivity contribution is 5.95. The lowest BCUT2D eigenvalue weighted by Crippen LogP contribution is -2.56. The van der Waals surface area contributed by atoms with E-state index in [1.165, 1.54) is 4.90 Å². The Hall–Kier alpha value is -2.87. The fraction of sp³-hybridized carbons (Fsp3) is 0.560. The van der Waals surface area contributed by atoms with E-state index in [1.807, 2.05) is 36.1 Å². The van der Waals surface area contributed by atoms with E-state index in [0.717, 1.165) is 24.0 Å². The molecule has 0 bridgehead atoms. The van der Waals surface area contributed by atoms with Gasteiger partial charge in [-0.05, 0) is 39.2 Å². The van der Waals surface area contributed by atoms with E-state index in [1.54, 1.807) is 14.0 Å². The van der Waals surface area contributed by atoms with Gasteiger partial charge in [0.15, 0.2) is 0 Å². The molecule has 1 N–H and O–H groups in total. The molecule has 2 fully saturated rings. The maximum Gasteiger partial charge on any atom is 0.338 e. The molecule has 0 unspecified atom stereocenters. The summed E-state index contributed by atoms with van der Waals surface area (Å²) in [6.45, 7) is 8.61. The van der Waals surface area contributed by atoms with Crippen LogP contribution in [0.1, 0.15) is 43.9 Å². The average Bonchev–Trinajstić information content (AvgIpc) is 3.62. The van der Waals surface area contributed by atoms with Crippen molar-refractivity contribution < 1.29 is 19.1 Å². The Labute approximate surface area is 195 Å². The Kier molecular flexibility index (Phi) is 6.74. The lowest BCUT2D eigenvalue weighted by Gasteiger charge is -2.42. The van der Waals surface area contributed by atoms with Crippen molar-refractivity contribution >= 4 is 17.9 Å². The first-order valence-electron chi connectivity index (χ1n) is 11.8. The second kappa shape index (κ2) is 9.55. The molecule has 1 saturated heterocycles. The summed E-state index contributed by atoms with van der Waals surface area (Å²) in [4.78, 5) is 44.3. The minimum atomic E-state index is -0.571. The van der Waals surface area contributed by atoms with E-state index in [9.17, 15) is 14.4 Å². The van der Waals surface area contributed by atoms with E-state index in [2.05, 4.69) is 17.1 Å². The summed E-state index contributed by atoms with van der Waals surface area (Å²) < 4.78 is 5.42. The highest BCUT2D eigenvalue weighted by Crippen LogP contribution is 2.34. The monoisotopic (exact) mass is 454 g/mol. The number of benzene rings is 1. The van der Waals surface area contributed by atoms with Crippen molar-refractivity contribution in [3.8, 4) is 0 Å². The van der Waals surface area contributed by atoms with Crippen LogP contribution in [-0.4, -0.2) is 78.5 Å². The summed E-state index contributed by atoms with van der Waals surface area (Å²) in [5, 5.41) is 2.97. The summed E-state index contributed by atoms with van der Waals surface area (Å²) in [6.07, 6.45) is 2.00. The van der Waals surface area contributed by atoms with Crippen LogP contribution >= 0.6 is 0 Å². The zero-order valence-electron chi connectivity index (χ0n) is 20.0. The molecule has 2 aliphatic heterocycles. The molecule has 1 aliphatic carbocycles. The highest BCUT2D eigenvalue weighted by Gasteiger charge is 2.40. The Bertz CT molecular complexity index is 954. The molecular weight excluding hydrogens is 420 g/mol. The Balaban J connectivity index is 1.62. The van der Waals surface area contributed by atoms with Gasteiger partial charge in [-0.25, -0.2) is 9.59 Å². The van der Waals surface area contributed by atoms with Gasteiger partial charge in [0.2, 0.25) is 5.91 Å². The van der Waals surface area contributed by atoms with Crippen LogP contribution in [0.25, 0.3) is 0 Å². The first kappa shape index (κ1) is 23.3. The standard InChI is InChI=1S/C25H34N4O4/c1-5-33-24(31)21-20(15-28-12-13-29(17(3)14-28)23(30)19-10-11-19)27(4)25(32)26-22(21)18-8-6-16(2)7-9-18/h6-9,17,19,22H,5,10-15H2,1-4H3,(H,26,32)/t17-,22-/m1/s1. The molecule has 0 spiro atoms. The molecule has 0 aromatic heterocycles. The molecule has 1 saturated carbocycles. The summed E-state index contributed by atoms with van der Waals surface area (Å²) in [5.41, 5.74) is 3.06. The minimum absolute atomic E-state index is 0.0918. The van der Waals surface area contributed by atoms with Crippen molar-refractivity contribution in [1.29, 1.82) is 0 Å². The number of likely N-dealkylation sites (N-methyl/N-ethyl adjacent to an activating group) is 1. The number of nitrogens with zero attached hydrogens (tertiary/aromatic N) is 3. The van der Waals surface area contributed by atoms with Gasteiger partial charge in [-0.3, -0.25) is 14.6 Å². The van der Waals surface area contributed by atoms with E-state index in [4.69, 9.17) is 4.74 Å². The number of carbonyl (C=O) groups excluding carboxylic acids is 3. The molecule has 33 heavy (non-hydrogen) atoms. The average molecular weight is 455 g/mol. The van der Waals surface area contributed by atoms with Gasteiger partial charge in [0.05, 0.1) is 18.2 Å². The maximum atomic E-state index is 13.1. The Morgan fingerprint density at radius 3 is 2.45 bits per heavy atom. The van der Waals surface area contributed by atoms with Crippen LogP contribution in [-0.2, 0) is 14.3 Å². The fourth-order valence-corrected chi connectivity index (χ4v) is 4.69. The van der Waals surface area contributed by atoms with Gasteiger partial charge >= 0.3 is 12.0 Å². The van der Waals surface area contributed by atoms with E-state index >= 15 is 0 Å². The third-order valence-corrected chi connectivity index (χ3v) is 6.78. The van der Waals surface area contributed by atoms with Gasteiger partial charge in [-0.2, -0.15) is 0 Å². The summed E-state index contributed by atoms with van der Waals surface area (Å²) in [6, 6.07) is 7.09. The van der Waals surface area contributed by atoms with Crippen LogP contribution in [0.15, 0.2) is 35.5 Å². The van der Waals surface area contributed by atoms with Gasteiger partial charge in [0, 0.05) is 50.9 Å². The topological polar surface area (TPSA) is 82.2 Å². The predicted molar refractivity (Wildman–Crippen MR) is 124 cm³/mol. The van der Waals surface area contributed by atoms with Crippen molar-refractivity contribution in [3.05, 3.63) is 46.7 Å². The number of aryl methyl sites for hydroxylation is 1. The van der Waals surface area contributed by atoms with Crippen LogP contribution < -0.4 is 5.32 Å². The minimum Gasteiger partial charge on any atom is -0.463 e. The van der Waals surface area contributed by atoms with E-state index < -0.39 is 12.0 Å². The number of nitrogens with one attached hydrogen (secondary N) is 1. The molecule has 8 heteroatoms. The van der Waals surface area contributed by atoms with Crippen LogP contribution in [0.3, 0.4) is 0 Å². The fourth-order valence-electron chi connectivity index (χ4n) is 4.69. The predicted octanol–water partition coefficient (Wildman–Crippen LogP) is 2.45. The zero-order chi connectivity index (χ0) is 23.7. The van der Waals surface area contributed by atoms with E-state index in [0.29, 0.717) is 37.4 Å². The summed E-state index contributed by atoms with van der Waals surface area (Å²) in [7, 11) is 1.69. The Morgan fingerprint density at radius 2 is 1.85 bits per heavy atom. The first-order valence-corrected chi connectivity index (χ1v) is 11.8. The summed E-state index contributed by atoms with van der Waals surface area (Å²) in [5.74, 6) is 0.0586. The van der Waals surface area contributed by atoms with Crippen molar-refractivity contribution in [3.63, 3.8) is 0 Å². The van der Waals surface area contributed by atoms with Gasteiger partial charge in [0.25, 0.3) is 0 Å². The molecule has 2 heterocycles. The number of ether oxygens (including phenoxy) is 1. The maximum absolute atomic E-state index is 13.1. The highest BCUT2D eigenvalue weighted by atomic mass is 16.5. The van der Waals surface area contributed by atoms with Gasteiger partial charge < -0.3 is 15.0 Å². The third-order valence-electron chi connectivity index (χ3n) is 6.78. The molecule has 3 aliphatic rings. The van der Waals surface area contributed by atoms with Crippen molar-refractivity contribution in [2.45, 2.75) is 45.7 Å². The molecule has 178 valence electrons. The number of hydrogen-bond donors (Lipinski definition) is 1. The summed E-state index contributed by atoms with van der Waals surface area (Å²) >= 11 is 0. The molecule has 1 aromatic carbocycles. The third kappa shape index (κ3) is 4.90. The Morgan fingerprint density at radius 1 is 1.15 bits per heavy atom. The molecule has 1 aromatic rings. The number of rotatable bonds is 6. The number of urea groups is 1. The number of esters is 1. The van der Waals surface area contributed by atoms with Crippen LogP contribution in [0.5, 0.6) is 0 Å². The number of amides is 3. The normalized spacial score (nSPS) is 24.1. The van der Waals surface area contributed by atoms with Gasteiger partial charge in [0.1, 0.15) is 0 Å². The van der Waals surface area contributed by atoms with Crippen molar-refractivity contribution in [2.75, 3.05) is 39.8 Å². The van der Waals surface area contributed by atoms with Crippen LogP contribution in [0.4, 0.5) is 4.79 Å². The van der Waals surface area contributed by atoms with Crippen LogP contribution in [0.2, 0.25) is 0 Å². The molecule has 4 rings (SSSR count). The second-order valence-electron chi connectivity index (χ2n) is 9.32. The number of hydrogen-bond acceptors (Lipinski definition) is 5. The molecule has 8 nitrogen and oxygen atoms in total. The molecule has 3 amide bonds. The molecular formula is C25H34N4O4. The largest absolute Gasteiger partial charge is 0.463 e. The van der Waals surface area contributed by atoms with Crippen molar-refractivity contribution in [1.82, 2.24) is 20.0 Å². The lowest BCUT2D eigenvalue weighted by molar-refractivity contribution is -0.139. The zero-order valence-corrected chi connectivity index (χ0v) is 20.0. The quantitative estimate of drug-likeness (QED) is 0.668. The van der Waals surface area contributed by atoms with Gasteiger partial charge in [-0.15, -0.1) is 0 Å². The molecule has 0 radical (unpaired) electrons. The van der Waals surface area contributed by atoms with Gasteiger partial charge in [-0.1, -0.05) is 29.8 Å². The number of piperazine rings is 1. The molecule has 2 atom stereocenters. The lowest BCUT2D eigenvalue weighted by atomic mass is 9.93. The van der Waals surface area contributed by atoms with Crippen LogP contribution in [0, 0.1) is 12.8 Å². The smallest absolute Gasteiger partial charge is 0.338 e.